The second-order valence-corrected chi connectivity index (χ2v) is 14.0. The lowest BCUT2D eigenvalue weighted by Gasteiger charge is -2.59. The molecule has 0 aromatic heterocycles. The Balaban J connectivity index is 1.68. The van der Waals surface area contributed by atoms with E-state index < -0.39 is 28.8 Å². The van der Waals surface area contributed by atoms with Gasteiger partial charge in [0.1, 0.15) is 24.7 Å². The fraction of sp³-hybridized carbons (Fsp3) is 0.488. The van der Waals surface area contributed by atoms with Gasteiger partial charge in [-0.2, -0.15) is 0 Å². The molecule has 2 aliphatic carbocycles. The van der Waals surface area contributed by atoms with Crippen molar-refractivity contribution in [2.45, 2.75) is 69.6 Å². The largest absolute Gasteiger partial charge is 0.459 e. The van der Waals surface area contributed by atoms with Crippen LogP contribution in [0.25, 0.3) is 6.08 Å². The highest BCUT2D eigenvalue weighted by atomic mass is 16.7. The summed E-state index contributed by atoms with van der Waals surface area (Å²) in [6, 6.07) is 10.5. The number of allylic oxidation sites excluding steroid dienone is 1. The summed E-state index contributed by atoms with van der Waals surface area (Å²) in [5.74, 6) is -1.69. The van der Waals surface area contributed by atoms with Crippen molar-refractivity contribution in [3.05, 3.63) is 94.1 Å². The van der Waals surface area contributed by atoms with Crippen LogP contribution in [0, 0.1) is 27.9 Å². The number of ether oxygens (including phenoxy) is 3. The summed E-state index contributed by atoms with van der Waals surface area (Å²) in [5, 5.41) is 37.9. The van der Waals surface area contributed by atoms with Crippen LogP contribution in [-0.2, 0) is 14.4 Å². The quantitative estimate of drug-likeness (QED) is 0.0525. The van der Waals surface area contributed by atoms with Crippen molar-refractivity contribution in [3.63, 3.8) is 0 Å². The van der Waals surface area contributed by atoms with Gasteiger partial charge < -0.3 is 39.5 Å². The molecule has 14 nitrogen and oxygen atoms in total. The number of aliphatic hydroxyl groups is 2. The van der Waals surface area contributed by atoms with Gasteiger partial charge >= 0.3 is 6.09 Å². The number of benzene rings is 2. The molecular weight excluding hydrogens is 708 g/mol. The van der Waals surface area contributed by atoms with E-state index in [-0.39, 0.29) is 55.6 Å². The van der Waals surface area contributed by atoms with Gasteiger partial charge in [-0.3, -0.25) is 14.9 Å². The van der Waals surface area contributed by atoms with E-state index in [0.29, 0.717) is 42.2 Å². The average molecular weight is 761 g/mol. The fourth-order valence-electron chi connectivity index (χ4n) is 8.33. The van der Waals surface area contributed by atoms with Crippen molar-refractivity contribution in [2.75, 3.05) is 40.5 Å². The maximum absolute atomic E-state index is 14.1. The van der Waals surface area contributed by atoms with Crippen molar-refractivity contribution in [2.24, 2.45) is 22.9 Å². The monoisotopic (exact) mass is 760 g/mol. The number of rotatable bonds is 18. The number of nitro groups is 1. The molecule has 55 heavy (non-hydrogen) atoms. The second kappa shape index (κ2) is 19.0. The maximum atomic E-state index is 14.1. The van der Waals surface area contributed by atoms with Crippen LogP contribution in [0.15, 0.2) is 78.0 Å². The molecule has 3 N–H and O–H groups in total. The van der Waals surface area contributed by atoms with Gasteiger partial charge in [0.2, 0.25) is 11.7 Å². The molecule has 1 fully saturated rings. The first-order valence-electron chi connectivity index (χ1n) is 18.9. The van der Waals surface area contributed by atoms with Gasteiger partial charge in [-0.15, -0.1) is 6.58 Å². The van der Waals surface area contributed by atoms with Gasteiger partial charge in [0.15, 0.2) is 0 Å². The zero-order valence-electron chi connectivity index (χ0n) is 31.7. The maximum Gasteiger partial charge on any atom is 0.412 e. The topological polar surface area (TPSA) is 182 Å². The van der Waals surface area contributed by atoms with Crippen molar-refractivity contribution >= 4 is 29.5 Å². The Kier molecular flexibility index (Phi) is 14.2. The predicted molar refractivity (Wildman–Crippen MR) is 207 cm³/mol. The number of likely N-dealkylation sites (N-methyl/N-ethyl adjacent to an activating group) is 1. The molecule has 2 aromatic carbocycles. The lowest BCUT2D eigenvalue weighted by molar-refractivity contribution is -0.384. The zero-order valence-corrected chi connectivity index (χ0v) is 31.7. The smallest absolute Gasteiger partial charge is 0.412 e. The number of aliphatic hydroxyl groups excluding tert-OH is 2. The van der Waals surface area contributed by atoms with E-state index in [0.717, 1.165) is 36.8 Å². The highest BCUT2D eigenvalue weighted by Crippen LogP contribution is 2.61. The molecule has 3 aliphatic rings. The molecule has 0 spiro atoms. The summed E-state index contributed by atoms with van der Waals surface area (Å²) in [7, 11) is 3.16. The number of hydrogen-bond acceptors (Lipinski definition) is 11. The van der Waals surface area contributed by atoms with Gasteiger partial charge in [0.25, 0.3) is 5.69 Å². The van der Waals surface area contributed by atoms with Crippen molar-refractivity contribution < 1.29 is 43.8 Å². The molecule has 1 saturated carbocycles. The predicted octanol–water partition coefficient (Wildman–Crippen LogP) is 6.14. The number of carbonyl (C=O) groups is 2. The Morgan fingerprint density at radius 3 is 2.51 bits per heavy atom. The highest BCUT2D eigenvalue weighted by Gasteiger charge is 2.65. The minimum Gasteiger partial charge on any atom is -0.459 e. The number of nitrogens with zero attached hydrogens (tertiary/aromatic N) is 3. The molecule has 6 atom stereocenters. The Hall–Kier alpha value is -5.05. The number of amides is 2. The Morgan fingerprint density at radius 1 is 1.13 bits per heavy atom. The Morgan fingerprint density at radius 2 is 1.85 bits per heavy atom. The first kappa shape index (κ1) is 41.1. The number of nitro benzene ring substituents is 1. The van der Waals surface area contributed by atoms with E-state index in [9.17, 15) is 29.9 Å². The molecule has 0 bridgehead atoms. The number of nitrogens with one attached hydrogen (secondary N) is 1. The molecular formula is C41H52N4O10. The summed E-state index contributed by atoms with van der Waals surface area (Å²) in [4.78, 5) is 44.4. The lowest BCUT2D eigenvalue weighted by atomic mass is 9.55. The Bertz CT molecular complexity index is 1780. The highest BCUT2D eigenvalue weighted by molar-refractivity contribution is 6.03. The summed E-state index contributed by atoms with van der Waals surface area (Å²) in [6.07, 6.45) is 10.9. The van der Waals surface area contributed by atoms with Gasteiger partial charge in [-0.05, 0) is 92.0 Å². The minimum atomic E-state index is -1.44. The zero-order chi connectivity index (χ0) is 39.5. The van der Waals surface area contributed by atoms with Crippen LogP contribution in [-0.4, -0.2) is 90.1 Å². The Labute approximate surface area is 321 Å². The summed E-state index contributed by atoms with van der Waals surface area (Å²) >= 11 is 0. The molecule has 0 unspecified atom stereocenters. The second-order valence-electron chi connectivity index (χ2n) is 14.0. The molecule has 5 rings (SSSR count). The number of unbranched alkanes of at least 4 members (excludes halogenated alkanes) is 2. The summed E-state index contributed by atoms with van der Waals surface area (Å²) in [5.41, 5.74) is 2.90. The number of fused-ring (bicyclic) bond motifs is 2. The molecule has 2 aromatic rings. The normalized spacial score (nSPS) is 24.6. The van der Waals surface area contributed by atoms with Crippen LogP contribution in [0.4, 0.5) is 10.5 Å². The molecule has 2 amide bonds. The first-order chi connectivity index (χ1) is 26.6. The third-order valence-electron chi connectivity index (χ3n) is 10.7. The lowest BCUT2D eigenvalue weighted by Crippen LogP contribution is -2.69. The molecule has 14 heteroatoms. The van der Waals surface area contributed by atoms with E-state index in [1.165, 1.54) is 25.3 Å². The van der Waals surface area contributed by atoms with Gasteiger partial charge in [-0.1, -0.05) is 30.1 Å². The molecule has 0 saturated heterocycles. The van der Waals surface area contributed by atoms with E-state index in [2.05, 4.69) is 23.1 Å². The van der Waals surface area contributed by atoms with E-state index in [1.807, 2.05) is 6.07 Å². The molecule has 296 valence electrons. The van der Waals surface area contributed by atoms with Crippen molar-refractivity contribution in [1.82, 2.24) is 10.2 Å². The van der Waals surface area contributed by atoms with Crippen LogP contribution in [0.1, 0.15) is 68.9 Å². The number of oxime groups is 1. The number of hydrogen-bond donors (Lipinski definition) is 3. The van der Waals surface area contributed by atoms with Crippen molar-refractivity contribution in [1.29, 1.82) is 0 Å². The van der Waals surface area contributed by atoms with E-state index >= 15 is 0 Å². The minimum absolute atomic E-state index is 0.00125. The van der Waals surface area contributed by atoms with E-state index in [1.54, 1.807) is 55.3 Å². The van der Waals surface area contributed by atoms with Crippen LogP contribution < -0.4 is 14.8 Å². The summed E-state index contributed by atoms with van der Waals surface area (Å²) in [6.45, 7) is 6.37. The van der Waals surface area contributed by atoms with E-state index in [4.69, 9.17) is 19.0 Å². The number of non-ortho nitro benzene ring substituents is 1. The van der Waals surface area contributed by atoms with Gasteiger partial charge in [0.05, 0.1) is 23.2 Å². The van der Waals surface area contributed by atoms with Crippen LogP contribution in [0.2, 0.25) is 0 Å². The molecule has 0 radical (unpaired) electrons. The van der Waals surface area contributed by atoms with Crippen LogP contribution in [0.5, 0.6) is 11.5 Å². The molecule has 1 heterocycles. The third-order valence-corrected chi connectivity index (χ3v) is 10.7. The standard InChI is InChI=1S/C41H52N4O10/c1-5-23-53-41-36(44(3)37(48)20-15-27-13-16-29(17-14-27)45(50)51)26-34(43-52-4)32-24-28(11-7-9-21-46)31(12-8-10-22-47)38(39(32)41)33-25-30(18-19-35(33)55-41)54-40(49)42-6-2/h5,13-20,24-25,28,31,36,38-39,46-47H,1,6-12,21-23,26H2,2-4H3,(H,42,49)/t28-,31+,36-,38+,39+,41+/m0/s1. The van der Waals surface area contributed by atoms with Crippen molar-refractivity contribution in [3.8, 4) is 11.5 Å². The SMILES string of the molecule is C=CCO[C@@]12Oc3ccc(OC(=O)NCC)cc3[C@H]3[C@H](CCCCO)[C@@H](CCCCO)C=C(C(=NOC)C[C@@H]1N(C)C(=O)C=Cc1ccc([N+](=O)[O-])cc1)[C@H]32. The average Bonchev–Trinajstić information content (AvgIpc) is 3.18. The molecule has 1 aliphatic heterocycles. The third kappa shape index (κ3) is 9.09. The number of carbonyl (C=O) groups excluding carboxylic acids is 2. The first-order valence-corrected chi connectivity index (χ1v) is 18.9. The van der Waals surface area contributed by atoms with Crippen LogP contribution >= 0.6 is 0 Å². The fourth-order valence-corrected chi connectivity index (χ4v) is 8.33. The van der Waals surface area contributed by atoms with Crippen LogP contribution in [0.3, 0.4) is 0 Å². The van der Waals surface area contributed by atoms with Gasteiger partial charge in [-0.25, -0.2) is 4.79 Å². The summed E-state index contributed by atoms with van der Waals surface area (Å²) < 4.78 is 19.6. The van der Waals surface area contributed by atoms with Gasteiger partial charge in [0, 0.05) is 62.9 Å².